The second-order valence-corrected chi connectivity index (χ2v) is 6.77. The van der Waals surface area contributed by atoms with E-state index in [-0.39, 0.29) is 11.3 Å². The van der Waals surface area contributed by atoms with Crippen LogP contribution in [-0.4, -0.2) is 27.0 Å². The van der Waals surface area contributed by atoms with Gasteiger partial charge in [0.05, 0.1) is 6.33 Å². The lowest BCUT2D eigenvalue weighted by Crippen LogP contribution is -2.37. The lowest BCUT2D eigenvalue weighted by atomic mass is 9.71. The third-order valence-corrected chi connectivity index (χ3v) is 4.91. The van der Waals surface area contributed by atoms with E-state index < -0.39 is 0 Å². The van der Waals surface area contributed by atoms with Crippen LogP contribution in [0.15, 0.2) is 37.1 Å². The van der Waals surface area contributed by atoms with Gasteiger partial charge in [0.25, 0.3) is 0 Å². The molecular formula is C18H26N4O. The lowest BCUT2D eigenvalue weighted by Gasteiger charge is -2.37. The molecule has 2 N–H and O–H groups in total. The lowest BCUT2D eigenvalue weighted by molar-refractivity contribution is -0.124. The minimum absolute atomic E-state index is 0.120. The van der Waals surface area contributed by atoms with E-state index in [0.717, 1.165) is 31.5 Å². The first-order valence-corrected chi connectivity index (χ1v) is 8.61. The van der Waals surface area contributed by atoms with Crippen molar-refractivity contribution < 1.29 is 4.79 Å². The zero-order valence-electron chi connectivity index (χ0n) is 13.6. The Balaban J connectivity index is 1.53. The van der Waals surface area contributed by atoms with Crippen LogP contribution in [0.1, 0.15) is 44.2 Å². The van der Waals surface area contributed by atoms with Crippen LogP contribution in [0.4, 0.5) is 0 Å². The summed E-state index contributed by atoms with van der Waals surface area (Å²) in [7, 11) is 0. The maximum Gasteiger partial charge on any atom is 0.220 e. The van der Waals surface area contributed by atoms with Crippen molar-refractivity contribution in [3.63, 3.8) is 0 Å². The SMILES string of the molecule is O=C(CC1(Cn2cccc2)CCCCC1)NCCc1cnc[nH]1. The Morgan fingerprint density at radius 1 is 1.26 bits per heavy atom. The summed E-state index contributed by atoms with van der Waals surface area (Å²) in [5.74, 6) is 0.179. The molecule has 1 amide bonds. The van der Waals surface area contributed by atoms with Gasteiger partial charge in [-0.15, -0.1) is 0 Å². The van der Waals surface area contributed by atoms with Crippen LogP contribution in [0.5, 0.6) is 0 Å². The molecule has 3 rings (SSSR count). The Bertz CT molecular complexity index is 583. The van der Waals surface area contributed by atoms with E-state index in [2.05, 4.69) is 44.4 Å². The first-order valence-electron chi connectivity index (χ1n) is 8.61. The van der Waals surface area contributed by atoms with Crippen LogP contribution in [0.2, 0.25) is 0 Å². The van der Waals surface area contributed by atoms with Gasteiger partial charge in [-0.1, -0.05) is 19.3 Å². The smallest absolute Gasteiger partial charge is 0.220 e. The third-order valence-electron chi connectivity index (χ3n) is 4.91. The fourth-order valence-electron chi connectivity index (χ4n) is 3.72. The molecule has 1 saturated carbocycles. The molecule has 0 bridgehead atoms. The first-order chi connectivity index (χ1) is 11.3. The summed E-state index contributed by atoms with van der Waals surface area (Å²) in [6, 6.07) is 4.11. The van der Waals surface area contributed by atoms with Crippen molar-refractivity contribution in [2.75, 3.05) is 6.54 Å². The summed E-state index contributed by atoms with van der Waals surface area (Å²) in [5, 5.41) is 3.08. The molecule has 5 nitrogen and oxygen atoms in total. The highest BCUT2D eigenvalue weighted by molar-refractivity contribution is 5.76. The number of aromatic nitrogens is 3. The highest BCUT2D eigenvalue weighted by atomic mass is 16.1. The Morgan fingerprint density at radius 2 is 2.04 bits per heavy atom. The predicted molar refractivity (Wildman–Crippen MR) is 89.9 cm³/mol. The standard InChI is InChI=1S/C18H26N4O/c23-17(20-9-6-16-13-19-15-21-16)12-18(7-2-1-3-8-18)14-22-10-4-5-11-22/h4-5,10-11,13,15H,1-3,6-9,12,14H2,(H,19,21)(H,20,23). The van der Waals surface area contributed by atoms with Crippen molar-refractivity contribution in [2.45, 2.75) is 51.5 Å². The molecular weight excluding hydrogens is 288 g/mol. The van der Waals surface area contributed by atoms with Crippen LogP contribution < -0.4 is 5.32 Å². The highest BCUT2D eigenvalue weighted by Gasteiger charge is 2.34. The van der Waals surface area contributed by atoms with E-state index in [0.29, 0.717) is 13.0 Å². The van der Waals surface area contributed by atoms with Gasteiger partial charge in [-0.05, 0) is 30.4 Å². The van der Waals surface area contributed by atoms with Crippen molar-refractivity contribution in [3.05, 3.63) is 42.7 Å². The van der Waals surface area contributed by atoms with Crippen molar-refractivity contribution in [2.24, 2.45) is 5.41 Å². The summed E-state index contributed by atoms with van der Waals surface area (Å²) in [5.41, 5.74) is 1.18. The van der Waals surface area contributed by atoms with Crippen LogP contribution in [0.3, 0.4) is 0 Å². The summed E-state index contributed by atoms with van der Waals surface area (Å²) in [6.45, 7) is 1.62. The Morgan fingerprint density at radius 3 is 2.74 bits per heavy atom. The van der Waals surface area contributed by atoms with E-state index >= 15 is 0 Å². The largest absolute Gasteiger partial charge is 0.356 e. The van der Waals surface area contributed by atoms with Gasteiger partial charge in [-0.3, -0.25) is 4.79 Å². The number of aromatic amines is 1. The number of nitrogens with one attached hydrogen (secondary N) is 2. The molecule has 0 unspecified atom stereocenters. The molecule has 23 heavy (non-hydrogen) atoms. The predicted octanol–water partition coefficient (Wildman–Crippen LogP) is 2.91. The second kappa shape index (κ2) is 7.49. The number of amides is 1. The minimum atomic E-state index is 0.120. The van der Waals surface area contributed by atoms with E-state index in [1.54, 1.807) is 12.5 Å². The van der Waals surface area contributed by atoms with Gasteiger partial charge >= 0.3 is 0 Å². The van der Waals surface area contributed by atoms with E-state index in [4.69, 9.17) is 0 Å². The van der Waals surface area contributed by atoms with Gasteiger partial charge in [0.15, 0.2) is 0 Å². The molecule has 2 heterocycles. The maximum atomic E-state index is 12.4. The van der Waals surface area contributed by atoms with Crippen LogP contribution in [0, 0.1) is 5.41 Å². The highest BCUT2D eigenvalue weighted by Crippen LogP contribution is 2.40. The summed E-state index contributed by atoms with van der Waals surface area (Å²) < 4.78 is 2.23. The van der Waals surface area contributed by atoms with Crippen LogP contribution in [-0.2, 0) is 17.8 Å². The van der Waals surface area contributed by atoms with Crippen molar-refractivity contribution in [1.82, 2.24) is 19.9 Å². The average molecular weight is 314 g/mol. The monoisotopic (exact) mass is 314 g/mol. The molecule has 0 radical (unpaired) electrons. The number of carbonyl (C=O) groups excluding carboxylic acids is 1. The average Bonchev–Trinajstić information content (AvgIpc) is 3.21. The topological polar surface area (TPSA) is 62.7 Å². The molecule has 0 atom stereocenters. The van der Waals surface area contributed by atoms with Gasteiger partial charge < -0.3 is 14.9 Å². The molecule has 2 aromatic rings. The number of hydrogen-bond acceptors (Lipinski definition) is 2. The second-order valence-electron chi connectivity index (χ2n) is 6.77. The summed E-state index contributed by atoms with van der Waals surface area (Å²) in [4.78, 5) is 19.5. The number of hydrogen-bond donors (Lipinski definition) is 2. The molecule has 1 aliphatic carbocycles. The minimum Gasteiger partial charge on any atom is -0.356 e. The Labute approximate surface area is 137 Å². The molecule has 0 aromatic carbocycles. The normalized spacial score (nSPS) is 17.0. The van der Waals surface area contributed by atoms with Crippen LogP contribution >= 0.6 is 0 Å². The van der Waals surface area contributed by atoms with Crippen molar-refractivity contribution >= 4 is 5.91 Å². The van der Waals surface area contributed by atoms with Gasteiger partial charge in [0.1, 0.15) is 0 Å². The molecule has 0 spiro atoms. The fraction of sp³-hybridized carbons (Fsp3) is 0.556. The van der Waals surface area contributed by atoms with Crippen molar-refractivity contribution in [1.29, 1.82) is 0 Å². The van der Waals surface area contributed by atoms with E-state index in [9.17, 15) is 4.79 Å². The number of nitrogens with zero attached hydrogens (tertiary/aromatic N) is 2. The summed E-state index contributed by atoms with van der Waals surface area (Å²) >= 11 is 0. The summed E-state index contributed by atoms with van der Waals surface area (Å²) in [6.07, 6.45) is 15.2. The van der Waals surface area contributed by atoms with Crippen LogP contribution in [0.25, 0.3) is 0 Å². The van der Waals surface area contributed by atoms with Crippen molar-refractivity contribution in [3.8, 4) is 0 Å². The fourth-order valence-corrected chi connectivity index (χ4v) is 3.72. The molecule has 0 saturated heterocycles. The number of imidazole rings is 1. The quantitative estimate of drug-likeness (QED) is 0.825. The van der Waals surface area contributed by atoms with E-state index in [1.165, 1.54) is 19.3 Å². The number of rotatable bonds is 7. The van der Waals surface area contributed by atoms with Gasteiger partial charge in [0.2, 0.25) is 5.91 Å². The molecule has 2 aromatic heterocycles. The maximum absolute atomic E-state index is 12.4. The zero-order valence-corrected chi connectivity index (χ0v) is 13.6. The van der Waals surface area contributed by atoms with Gasteiger partial charge in [0, 0.05) is 50.2 Å². The molecule has 124 valence electrons. The van der Waals surface area contributed by atoms with Gasteiger partial charge in [-0.2, -0.15) is 0 Å². The Hall–Kier alpha value is -2.04. The third kappa shape index (κ3) is 4.47. The number of H-pyrrole nitrogens is 1. The van der Waals surface area contributed by atoms with Gasteiger partial charge in [-0.25, -0.2) is 4.98 Å². The molecule has 0 aliphatic heterocycles. The molecule has 1 fully saturated rings. The number of carbonyl (C=O) groups is 1. The molecule has 1 aliphatic rings. The first kappa shape index (κ1) is 15.8. The van der Waals surface area contributed by atoms with E-state index in [1.807, 2.05) is 0 Å². The molecule has 5 heteroatoms. The Kier molecular flexibility index (Phi) is 5.16. The zero-order chi connectivity index (χ0) is 16.0.